The van der Waals surface area contributed by atoms with Gasteiger partial charge in [-0.25, -0.2) is 4.79 Å². The van der Waals surface area contributed by atoms with Gasteiger partial charge in [0.25, 0.3) is 0 Å². The van der Waals surface area contributed by atoms with Gasteiger partial charge in [-0.2, -0.15) is 101 Å². The fourth-order valence-corrected chi connectivity index (χ4v) is 8.09. The predicted molar refractivity (Wildman–Crippen MR) is 162 cm³/mol. The summed E-state index contributed by atoms with van der Waals surface area (Å²) in [5.74, 6) is -94.5. The molecule has 0 heterocycles. The molecule has 0 unspecified atom stereocenters. The largest absolute Gasteiger partial charge is 0.460 e. The summed E-state index contributed by atoms with van der Waals surface area (Å²) < 4.78 is 328. The zero-order chi connectivity index (χ0) is 46.6. The minimum absolute atomic E-state index is 0.346. The Morgan fingerprint density at radius 2 is 0.733 bits per heavy atom. The van der Waals surface area contributed by atoms with Crippen molar-refractivity contribution >= 4 is 16.3 Å². The summed E-state index contributed by atoms with van der Waals surface area (Å²) in [7, 11) is -4.38. The fraction of sp³-hybridized carbons (Fsp3) is 0.441. The van der Waals surface area contributed by atoms with Crippen molar-refractivity contribution in [1.29, 1.82) is 0 Å². The van der Waals surface area contributed by atoms with E-state index in [1.54, 1.807) is 6.92 Å². The van der Waals surface area contributed by atoms with Gasteiger partial charge in [0.05, 0.1) is 0 Å². The molecular weight excluding hydrogens is 909 g/mol. The van der Waals surface area contributed by atoms with Gasteiger partial charge < -0.3 is 4.18 Å². The molecule has 0 fully saturated rings. The second-order valence-corrected chi connectivity index (χ2v) is 15.2. The maximum Gasteiger partial charge on any atom is 0.460 e. The molecule has 0 radical (unpaired) electrons. The van der Waals surface area contributed by atoms with Gasteiger partial charge >= 0.3 is 71.4 Å². The number of hydrogen-bond acceptors (Lipinski definition) is 2. The van der Waals surface area contributed by atoms with Crippen LogP contribution in [0, 0.1) is 0 Å². The van der Waals surface area contributed by atoms with Crippen molar-refractivity contribution in [2.24, 2.45) is 0 Å². The summed E-state index contributed by atoms with van der Waals surface area (Å²) in [6, 6.07) is 15.4. The molecule has 3 aromatic rings. The zero-order valence-electron chi connectivity index (χ0n) is 29.1. The Morgan fingerprint density at radius 1 is 0.433 bits per heavy atom. The monoisotopic (exact) mass is 932 g/mol. The Labute approximate surface area is 323 Å². The Hall–Kier alpha value is -4.13. The lowest BCUT2D eigenvalue weighted by atomic mass is 9.85. The van der Waals surface area contributed by atoms with Crippen molar-refractivity contribution in [2.75, 3.05) is 0 Å². The maximum atomic E-state index is 15.4. The molecule has 26 heteroatoms. The molecule has 0 aliphatic carbocycles. The van der Waals surface area contributed by atoms with Crippen molar-refractivity contribution < 1.29 is 110 Å². The van der Waals surface area contributed by atoms with E-state index >= 15 is 17.6 Å². The molecule has 0 saturated carbocycles. The van der Waals surface area contributed by atoms with Crippen LogP contribution in [-0.2, 0) is 15.4 Å². The zero-order valence-corrected chi connectivity index (χ0v) is 29.9. The average molecular weight is 933 g/mol. The molecule has 0 spiro atoms. The van der Waals surface area contributed by atoms with E-state index in [0.717, 1.165) is 60.7 Å². The third-order valence-corrected chi connectivity index (χ3v) is 11.8. The van der Waals surface area contributed by atoms with Gasteiger partial charge in [0.1, 0.15) is 0 Å². The second-order valence-electron chi connectivity index (χ2n) is 12.5. The molecule has 0 aliphatic heterocycles. The van der Waals surface area contributed by atoms with Gasteiger partial charge in [0, 0.05) is 14.7 Å². The summed E-state index contributed by atoms with van der Waals surface area (Å²) in [5, 5.41) is 0. The number of rotatable bonds is 17. The van der Waals surface area contributed by atoms with E-state index in [0.29, 0.717) is 24.8 Å². The van der Waals surface area contributed by atoms with Gasteiger partial charge in [-0.15, -0.1) is 0 Å². The van der Waals surface area contributed by atoms with Crippen LogP contribution >= 0.6 is 10.3 Å². The Kier molecular flexibility index (Phi) is 13.1. The van der Waals surface area contributed by atoms with Gasteiger partial charge in [-0.1, -0.05) is 61.9 Å². The van der Waals surface area contributed by atoms with Gasteiger partial charge in [0.15, 0.2) is 0 Å². The number of carbonyl (C=O) groups is 1. The predicted octanol–water partition coefficient (Wildman–Crippen LogP) is 13.7. The molecule has 0 bridgehead atoms. The van der Waals surface area contributed by atoms with Crippen LogP contribution in [0.1, 0.15) is 25.3 Å². The van der Waals surface area contributed by atoms with Crippen LogP contribution in [0.5, 0.6) is 0 Å². The molecule has 60 heavy (non-hydrogen) atoms. The van der Waals surface area contributed by atoms with Gasteiger partial charge in [-0.05, 0) is 65.1 Å². The van der Waals surface area contributed by atoms with Crippen molar-refractivity contribution in [2.45, 2.75) is 106 Å². The Morgan fingerprint density at radius 3 is 1.05 bits per heavy atom. The SMILES string of the molecule is CCCCc1ccc(S(OC(=O)C(F)(F)C(F)(F)C(F)(F)C(F)(F)C(F)(F)C(F)(F)C(F)(F)C(F)(F)C(F)(F)C(F)(F)C(F)(F)F)(c2ccccc2)c2ccccc2)cc1. The summed E-state index contributed by atoms with van der Waals surface area (Å²) >= 11 is 0. The highest BCUT2D eigenvalue weighted by Crippen LogP contribution is 2.71. The quantitative estimate of drug-likeness (QED) is 0.126. The lowest BCUT2D eigenvalue weighted by Gasteiger charge is -2.45. The first-order valence-electron chi connectivity index (χ1n) is 16.0. The molecule has 3 rings (SSSR count). The van der Waals surface area contributed by atoms with Gasteiger partial charge in [-0.3, -0.25) is 0 Å². The normalized spacial score (nSPS) is 15.2. The highest BCUT2D eigenvalue weighted by molar-refractivity contribution is 8.30. The number of benzene rings is 3. The lowest BCUT2D eigenvalue weighted by Crippen LogP contribution is -2.78. The first-order valence-corrected chi connectivity index (χ1v) is 17.5. The summed E-state index contributed by atoms with van der Waals surface area (Å²) in [6.45, 7) is 1.77. The Bertz CT molecular complexity index is 1910. The van der Waals surface area contributed by atoms with E-state index < -0.39 is 96.4 Å². The number of alkyl halides is 23. The smallest absolute Gasteiger partial charge is 0.397 e. The number of aryl methyl sites for hydroxylation is 1. The molecule has 0 atom stereocenters. The number of hydrogen-bond donors (Lipinski definition) is 0. The molecule has 0 amide bonds. The van der Waals surface area contributed by atoms with Crippen LogP contribution in [0.25, 0.3) is 0 Å². The standard InChI is InChI=1S/C34H23F23O2S/c1-2-3-10-19-15-17-22(18-16-19)60(20-11-6-4-7-12-20,21-13-8-5-9-14-21)59-23(58)24(35,36)25(37,38)26(39,40)27(41,42)28(43,44)29(45,46)30(47,48)31(49,50)32(51,52)33(53,54)34(55,56)57/h4-9,11-18H,2-3,10H2,1H3. The molecule has 2 nitrogen and oxygen atoms in total. The van der Waals surface area contributed by atoms with E-state index in [9.17, 15) is 88.2 Å². The number of halogens is 23. The fourth-order valence-electron chi connectivity index (χ4n) is 5.05. The minimum atomic E-state index is -9.56. The van der Waals surface area contributed by atoms with Crippen LogP contribution in [0.4, 0.5) is 101 Å². The highest BCUT2D eigenvalue weighted by atomic mass is 32.3. The topological polar surface area (TPSA) is 26.3 Å². The first kappa shape index (κ1) is 50.2. The van der Waals surface area contributed by atoms with Crippen molar-refractivity contribution in [3.8, 4) is 0 Å². The van der Waals surface area contributed by atoms with E-state index in [4.69, 9.17) is 4.18 Å². The molecule has 0 aromatic heterocycles. The van der Waals surface area contributed by atoms with E-state index in [2.05, 4.69) is 0 Å². The van der Waals surface area contributed by atoms with Crippen LogP contribution in [0.2, 0.25) is 0 Å². The van der Waals surface area contributed by atoms with E-state index in [1.165, 1.54) is 24.3 Å². The van der Waals surface area contributed by atoms with Crippen molar-refractivity contribution in [3.63, 3.8) is 0 Å². The number of unbranched alkanes of at least 4 members (excludes halogenated alkanes) is 1. The molecule has 3 aromatic carbocycles. The van der Waals surface area contributed by atoms with Gasteiger partial charge in [0.2, 0.25) is 0 Å². The maximum absolute atomic E-state index is 15.4. The van der Waals surface area contributed by atoms with Crippen molar-refractivity contribution in [3.05, 3.63) is 90.5 Å². The third kappa shape index (κ3) is 7.17. The van der Waals surface area contributed by atoms with Crippen LogP contribution < -0.4 is 0 Å². The van der Waals surface area contributed by atoms with Crippen LogP contribution in [0.3, 0.4) is 0 Å². The summed E-state index contributed by atoms with van der Waals surface area (Å²) in [6.07, 6.45) is -6.63. The van der Waals surface area contributed by atoms with Crippen molar-refractivity contribution in [1.82, 2.24) is 0 Å². The first-order chi connectivity index (χ1) is 26.9. The lowest BCUT2D eigenvalue weighted by molar-refractivity contribution is -0.477. The molecule has 338 valence electrons. The summed E-state index contributed by atoms with van der Waals surface area (Å²) in [4.78, 5) is 11.7. The van der Waals surface area contributed by atoms with E-state index in [-0.39, 0.29) is 0 Å². The number of carbonyl (C=O) groups excluding carboxylic acids is 1. The minimum Gasteiger partial charge on any atom is -0.397 e. The second kappa shape index (κ2) is 15.6. The molecule has 0 N–H and O–H groups in total. The van der Waals surface area contributed by atoms with E-state index in [1.807, 2.05) is 0 Å². The molecule has 0 aliphatic rings. The third-order valence-electron chi connectivity index (χ3n) is 8.59. The van der Waals surface area contributed by atoms with Crippen LogP contribution in [0.15, 0.2) is 99.6 Å². The summed E-state index contributed by atoms with van der Waals surface area (Å²) in [5.41, 5.74) is 0.499. The Balaban J connectivity index is 2.24. The molecular formula is C34H23F23O2S. The highest BCUT2D eigenvalue weighted by Gasteiger charge is 2.99. The average Bonchev–Trinajstić information content (AvgIpc) is 3.15. The molecule has 0 saturated heterocycles. The van der Waals surface area contributed by atoms with Crippen LogP contribution in [-0.4, -0.2) is 71.4 Å².